The molecule has 0 saturated heterocycles. The number of nitrogens with zero attached hydrogens (tertiary/aromatic N) is 1. The van der Waals surface area contributed by atoms with Crippen LogP contribution in [0.3, 0.4) is 0 Å². The Morgan fingerprint density at radius 2 is 1.16 bits per heavy atom. The molecule has 0 aromatic rings. The molecule has 0 aromatic heterocycles. The van der Waals surface area contributed by atoms with Crippen molar-refractivity contribution in [3.05, 3.63) is 0 Å². The third-order valence-corrected chi connectivity index (χ3v) is 6.35. The smallest absolute Gasteiger partial charge is 0.399 e. The first kappa shape index (κ1) is 32.5. The molecule has 0 radical (unpaired) electrons. The zero-order valence-electron chi connectivity index (χ0n) is 18.3. The summed E-state index contributed by atoms with van der Waals surface area (Å²) in [6, 6.07) is 0. The van der Waals surface area contributed by atoms with Crippen LogP contribution in [0.2, 0.25) is 0 Å². The Hall–Kier alpha value is -0.690. The van der Waals surface area contributed by atoms with Gasteiger partial charge < -0.3 is 9.04 Å². The first-order valence-corrected chi connectivity index (χ1v) is 11.5. The van der Waals surface area contributed by atoms with E-state index in [0.717, 1.165) is 0 Å². The molecule has 1 atom stereocenters. The number of hydrogen-bond acceptors (Lipinski definition) is 3. The Balaban J connectivity index is 0. The molecule has 31 heavy (non-hydrogen) atoms. The molecule has 0 aliphatic heterocycles. The highest BCUT2D eigenvalue weighted by atomic mass is 32.2. The molecule has 0 aliphatic rings. The number of rotatable bonds is 13. The molecule has 0 N–H and O–H groups in total. The van der Waals surface area contributed by atoms with E-state index in [1.54, 1.807) is 0 Å². The normalized spacial score (nSPS) is 14.7. The van der Waals surface area contributed by atoms with Gasteiger partial charge in [0.1, 0.15) is 0 Å². The number of alkyl halides is 8. The van der Waals surface area contributed by atoms with E-state index in [-0.39, 0.29) is 19.3 Å². The van der Waals surface area contributed by atoms with Crippen molar-refractivity contribution >= 4 is 10.1 Å². The van der Waals surface area contributed by atoms with Gasteiger partial charge in [-0.25, -0.2) is 12.8 Å². The van der Waals surface area contributed by atoms with Gasteiger partial charge in [-0.15, -0.1) is 0 Å². The van der Waals surface area contributed by atoms with Crippen LogP contribution in [0.25, 0.3) is 0 Å². The van der Waals surface area contributed by atoms with Crippen molar-refractivity contribution in [2.24, 2.45) is 0 Å². The summed E-state index contributed by atoms with van der Waals surface area (Å²) < 4.78 is 131. The highest BCUT2D eigenvalue weighted by Gasteiger charge is 2.66. The van der Waals surface area contributed by atoms with Gasteiger partial charge in [0.05, 0.1) is 26.2 Å². The summed E-state index contributed by atoms with van der Waals surface area (Å²) in [6.07, 6.45) is -11.3. The first-order valence-electron chi connectivity index (χ1n) is 10.1. The number of quaternary nitrogens is 1. The standard InChI is InChI=1S/C10H14F8O3S.C8H20N/c11-7(5-3-1-2-4-6-8(12,13)14)9(15,16)10(17,18)22(19,20)21;1-5-9(6-2,7-3)8-4/h7H,1-6H2,(H,19,20,21);5-8H2,1-4H3/q;+1/p-1. The topological polar surface area (TPSA) is 57.2 Å². The summed E-state index contributed by atoms with van der Waals surface area (Å²) >= 11 is 0. The van der Waals surface area contributed by atoms with Crippen LogP contribution >= 0.6 is 0 Å². The SMILES string of the molecule is CC[N+](CC)(CC)CC.O=S(=O)([O-])C(F)(F)C(F)(F)C(F)CCCCCCC(F)(F)F. The van der Waals surface area contributed by atoms with E-state index in [2.05, 4.69) is 27.7 Å². The molecule has 0 saturated carbocycles. The summed E-state index contributed by atoms with van der Waals surface area (Å²) in [6.45, 7) is 14.2. The average molecular weight is 496 g/mol. The van der Waals surface area contributed by atoms with E-state index in [0.29, 0.717) is 0 Å². The Bertz CT molecular complexity index is 576. The minimum atomic E-state index is -6.76. The third-order valence-electron chi connectivity index (χ3n) is 5.45. The molecule has 4 nitrogen and oxygen atoms in total. The molecular formula is C18H33F8NO3S. The molecule has 0 fully saturated rings. The van der Waals surface area contributed by atoms with E-state index in [1.807, 2.05) is 0 Å². The first-order chi connectivity index (χ1) is 13.9. The van der Waals surface area contributed by atoms with Crippen molar-refractivity contribution in [2.75, 3.05) is 26.2 Å². The maximum atomic E-state index is 13.1. The molecule has 0 bridgehead atoms. The minimum absolute atomic E-state index is 0.0892. The molecule has 13 heteroatoms. The summed E-state index contributed by atoms with van der Waals surface area (Å²) in [5.41, 5.74) is 0. The van der Waals surface area contributed by atoms with Crippen molar-refractivity contribution in [3.8, 4) is 0 Å². The van der Waals surface area contributed by atoms with Crippen LogP contribution in [0.15, 0.2) is 0 Å². The molecular weight excluding hydrogens is 462 g/mol. The van der Waals surface area contributed by atoms with Gasteiger partial charge in [0.25, 0.3) is 0 Å². The second kappa shape index (κ2) is 13.1. The largest absolute Gasteiger partial charge is 0.743 e. The van der Waals surface area contributed by atoms with E-state index in [4.69, 9.17) is 0 Å². The second-order valence-corrected chi connectivity index (χ2v) is 8.66. The lowest BCUT2D eigenvalue weighted by molar-refractivity contribution is -0.921. The number of halogens is 8. The van der Waals surface area contributed by atoms with Crippen LogP contribution in [-0.4, -0.2) is 67.2 Å². The lowest BCUT2D eigenvalue weighted by atomic mass is 10.0. The summed E-state index contributed by atoms with van der Waals surface area (Å²) in [5, 5.41) is -6.10. The second-order valence-electron chi connectivity index (χ2n) is 7.24. The van der Waals surface area contributed by atoms with Crippen molar-refractivity contribution in [1.29, 1.82) is 0 Å². The fraction of sp³-hybridized carbons (Fsp3) is 1.00. The fourth-order valence-corrected chi connectivity index (χ4v) is 3.34. The fourth-order valence-electron chi connectivity index (χ4n) is 2.87. The summed E-state index contributed by atoms with van der Waals surface area (Å²) in [5.74, 6) is -5.71. The lowest BCUT2D eigenvalue weighted by Gasteiger charge is -2.34. The maximum Gasteiger partial charge on any atom is 0.399 e. The van der Waals surface area contributed by atoms with Gasteiger partial charge in [0.15, 0.2) is 16.3 Å². The zero-order valence-corrected chi connectivity index (χ0v) is 19.1. The Labute approximate surface area is 179 Å². The van der Waals surface area contributed by atoms with Gasteiger partial charge in [0, 0.05) is 6.42 Å². The lowest BCUT2D eigenvalue weighted by Crippen LogP contribution is -2.52. The van der Waals surface area contributed by atoms with Gasteiger partial charge in [-0.1, -0.05) is 19.3 Å². The molecule has 0 spiro atoms. The van der Waals surface area contributed by atoms with Crippen LogP contribution in [0.1, 0.15) is 66.2 Å². The molecule has 0 heterocycles. The molecule has 1 unspecified atom stereocenters. The molecule has 0 rings (SSSR count). The number of unbranched alkanes of at least 4 members (excludes halogenated alkanes) is 3. The van der Waals surface area contributed by atoms with Crippen LogP contribution in [-0.2, 0) is 10.1 Å². The van der Waals surface area contributed by atoms with Gasteiger partial charge in [-0.05, 0) is 40.5 Å². The van der Waals surface area contributed by atoms with Crippen molar-refractivity contribution in [1.82, 2.24) is 0 Å². The van der Waals surface area contributed by atoms with Gasteiger partial charge in [-0.3, -0.25) is 0 Å². The Morgan fingerprint density at radius 1 is 0.774 bits per heavy atom. The molecule has 190 valence electrons. The average Bonchev–Trinajstić information content (AvgIpc) is 2.65. The monoisotopic (exact) mass is 495 g/mol. The predicted molar refractivity (Wildman–Crippen MR) is 101 cm³/mol. The summed E-state index contributed by atoms with van der Waals surface area (Å²) in [4.78, 5) is 0. The van der Waals surface area contributed by atoms with E-state index in [1.165, 1.54) is 30.7 Å². The van der Waals surface area contributed by atoms with Crippen LogP contribution in [0.4, 0.5) is 35.1 Å². The van der Waals surface area contributed by atoms with Crippen LogP contribution in [0.5, 0.6) is 0 Å². The molecule has 0 aromatic carbocycles. The maximum absolute atomic E-state index is 13.1. The quantitative estimate of drug-likeness (QED) is 0.139. The summed E-state index contributed by atoms with van der Waals surface area (Å²) in [7, 11) is -6.76. The van der Waals surface area contributed by atoms with E-state index >= 15 is 0 Å². The highest BCUT2D eigenvalue weighted by molar-refractivity contribution is 7.86. The molecule has 0 aliphatic carbocycles. The van der Waals surface area contributed by atoms with Crippen molar-refractivity contribution in [2.45, 2.75) is 89.7 Å². The van der Waals surface area contributed by atoms with E-state index < -0.39 is 52.9 Å². The van der Waals surface area contributed by atoms with Gasteiger partial charge in [-0.2, -0.15) is 30.7 Å². The Morgan fingerprint density at radius 3 is 1.45 bits per heavy atom. The highest BCUT2D eigenvalue weighted by Crippen LogP contribution is 2.43. The van der Waals surface area contributed by atoms with Crippen LogP contribution in [0, 0.1) is 0 Å². The van der Waals surface area contributed by atoms with Gasteiger partial charge in [0.2, 0.25) is 0 Å². The zero-order chi connectivity index (χ0) is 25.1. The third kappa shape index (κ3) is 10.6. The van der Waals surface area contributed by atoms with Crippen molar-refractivity contribution in [3.63, 3.8) is 0 Å². The Kier molecular flexibility index (Phi) is 13.8. The van der Waals surface area contributed by atoms with Gasteiger partial charge >= 0.3 is 17.4 Å². The minimum Gasteiger partial charge on any atom is -0.743 e. The predicted octanol–water partition coefficient (Wildman–Crippen LogP) is 5.88. The van der Waals surface area contributed by atoms with Crippen molar-refractivity contribution < 1.29 is 52.6 Å². The van der Waals surface area contributed by atoms with E-state index in [9.17, 15) is 48.1 Å². The van der Waals surface area contributed by atoms with Crippen LogP contribution < -0.4 is 0 Å². The number of hydrogen-bond donors (Lipinski definition) is 0. The molecule has 0 amide bonds.